The maximum atomic E-state index is 13.1. The van der Waals surface area contributed by atoms with Crippen LogP contribution in [0.3, 0.4) is 0 Å². The number of halogens is 1. The third-order valence-corrected chi connectivity index (χ3v) is 6.89. The largest absolute Gasteiger partial charge is 0.381 e. The average Bonchev–Trinajstić information content (AvgIpc) is 2.52. The van der Waals surface area contributed by atoms with E-state index in [1.165, 1.54) is 17.0 Å². The summed E-state index contributed by atoms with van der Waals surface area (Å²) in [5.41, 5.74) is 0. The molecule has 0 spiro atoms. The first-order valence-corrected chi connectivity index (χ1v) is 8.76. The molecule has 1 aromatic rings. The number of alkyl halides is 1. The quantitative estimate of drug-likeness (QED) is 0.836. The van der Waals surface area contributed by atoms with Gasteiger partial charge in [-0.3, -0.25) is 4.79 Å². The van der Waals surface area contributed by atoms with Crippen LogP contribution in [0.25, 0.3) is 0 Å². The van der Waals surface area contributed by atoms with Gasteiger partial charge in [-0.2, -0.15) is 0 Å². The number of benzene rings is 1. The number of carbonyl (C=O) groups is 1. The van der Waals surface area contributed by atoms with Crippen molar-refractivity contribution >= 4 is 15.7 Å². The zero-order chi connectivity index (χ0) is 15.8. The van der Waals surface area contributed by atoms with Gasteiger partial charge in [0.25, 0.3) is 0 Å². The molecule has 0 unspecified atom stereocenters. The highest BCUT2D eigenvalue weighted by atomic mass is 32.2. The highest BCUT2D eigenvalue weighted by molar-refractivity contribution is 7.93. The van der Waals surface area contributed by atoms with E-state index in [2.05, 4.69) is 0 Å². The van der Waals surface area contributed by atoms with Gasteiger partial charge in [0.2, 0.25) is 5.91 Å². The number of hydrogen-bond acceptors (Lipinski definition) is 4. The Labute approximate surface area is 129 Å². The van der Waals surface area contributed by atoms with Gasteiger partial charge in [-0.05, 0) is 25.0 Å². The van der Waals surface area contributed by atoms with E-state index >= 15 is 0 Å². The predicted octanol–water partition coefficient (Wildman–Crippen LogP) is 1.19. The van der Waals surface area contributed by atoms with E-state index in [0.717, 1.165) is 0 Å². The van der Waals surface area contributed by atoms with Crippen molar-refractivity contribution in [3.05, 3.63) is 30.3 Å². The monoisotopic (exact) mass is 327 g/mol. The smallest absolute Gasteiger partial charge is 0.244 e. The Morgan fingerprint density at radius 3 is 2.32 bits per heavy atom. The molecule has 1 amide bonds. The van der Waals surface area contributed by atoms with E-state index in [0.29, 0.717) is 0 Å². The normalized spacial score (nSPS) is 22.1. The number of sulfone groups is 1. The van der Waals surface area contributed by atoms with E-state index in [1.807, 2.05) is 0 Å². The van der Waals surface area contributed by atoms with Crippen LogP contribution in [0.1, 0.15) is 12.8 Å². The highest BCUT2D eigenvalue weighted by Gasteiger charge is 2.55. The summed E-state index contributed by atoms with van der Waals surface area (Å²) in [5, 5.41) is 0. The molecule has 0 bridgehead atoms. The zero-order valence-electron chi connectivity index (χ0n) is 12.1. The van der Waals surface area contributed by atoms with Crippen LogP contribution >= 0.6 is 0 Å². The maximum absolute atomic E-state index is 13.1. The number of hydrogen-bond donors (Lipinski definition) is 0. The number of amides is 1. The van der Waals surface area contributed by atoms with Crippen LogP contribution in [0.15, 0.2) is 35.2 Å². The molecule has 2 heterocycles. The number of carbonyl (C=O) groups excluding carboxylic acids is 1. The molecule has 0 aliphatic carbocycles. The number of ether oxygens (including phenoxy) is 1. The molecule has 0 radical (unpaired) electrons. The van der Waals surface area contributed by atoms with Gasteiger partial charge in [-0.15, -0.1) is 0 Å². The first-order chi connectivity index (χ1) is 10.5. The third-order valence-electron chi connectivity index (χ3n) is 4.38. The van der Waals surface area contributed by atoms with Gasteiger partial charge in [0.1, 0.15) is 6.17 Å². The van der Waals surface area contributed by atoms with Crippen molar-refractivity contribution in [1.29, 1.82) is 0 Å². The van der Waals surface area contributed by atoms with Crippen molar-refractivity contribution in [3.63, 3.8) is 0 Å². The third kappa shape index (κ3) is 2.32. The minimum absolute atomic E-state index is 0.0221. The molecule has 0 saturated carbocycles. The molecule has 1 aromatic carbocycles. The van der Waals surface area contributed by atoms with Crippen molar-refractivity contribution in [2.24, 2.45) is 0 Å². The maximum Gasteiger partial charge on any atom is 0.244 e. The Balaban J connectivity index is 2.01. The fraction of sp³-hybridized carbons (Fsp3) is 0.533. The Kier molecular flexibility index (Phi) is 3.94. The summed E-state index contributed by atoms with van der Waals surface area (Å²) >= 11 is 0. The molecule has 0 aromatic heterocycles. The fourth-order valence-electron chi connectivity index (χ4n) is 3.00. The fourth-order valence-corrected chi connectivity index (χ4v) is 5.03. The second-order valence-electron chi connectivity index (χ2n) is 5.73. The van der Waals surface area contributed by atoms with Crippen LogP contribution in [0, 0.1) is 0 Å². The van der Waals surface area contributed by atoms with E-state index in [-0.39, 0.29) is 44.0 Å². The summed E-state index contributed by atoms with van der Waals surface area (Å²) < 4.78 is 42.9. The predicted molar refractivity (Wildman–Crippen MR) is 77.9 cm³/mol. The Morgan fingerprint density at radius 1 is 1.18 bits per heavy atom. The zero-order valence-corrected chi connectivity index (χ0v) is 12.9. The number of likely N-dealkylation sites (tertiary alicyclic amines) is 1. The molecule has 0 N–H and O–H groups in total. The first kappa shape index (κ1) is 15.4. The molecule has 0 atom stereocenters. The summed E-state index contributed by atoms with van der Waals surface area (Å²) in [6, 6.07) is 7.97. The summed E-state index contributed by atoms with van der Waals surface area (Å²) in [5.74, 6) is -0.492. The van der Waals surface area contributed by atoms with Crippen LogP contribution in [0.5, 0.6) is 0 Å². The van der Waals surface area contributed by atoms with Crippen LogP contribution < -0.4 is 0 Å². The Morgan fingerprint density at radius 2 is 1.77 bits per heavy atom. The second kappa shape index (κ2) is 5.62. The average molecular weight is 327 g/mol. The van der Waals surface area contributed by atoms with Crippen molar-refractivity contribution in [2.45, 2.75) is 28.7 Å². The van der Waals surface area contributed by atoms with Gasteiger partial charge in [0, 0.05) is 13.2 Å². The lowest BCUT2D eigenvalue weighted by Crippen LogP contribution is -2.62. The molecular formula is C15H18FNO4S. The first-order valence-electron chi connectivity index (χ1n) is 7.28. The molecule has 2 fully saturated rings. The van der Waals surface area contributed by atoms with Gasteiger partial charge in [0.05, 0.1) is 18.0 Å². The lowest BCUT2D eigenvalue weighted by Gasteiger charge is -2.43. The van der Waals surface area contributed by atoms with Crippen LogP contribution in [0.2, 0.25) is 0 Å². The molecule has 120 valence electrons. The Hall–Kier alpha value is -1.47. The molecular weight excluding hydrogens is 309 g/mol. The molecule has 2 aliphatic heterocycles. The van der Waals surface area contributed by atoms with Gasteiger partial charge in [-0.25, -0.2) is 12.8 Å². The lowest BCUT2D eigenvalue weighted by atomic mass is 9.95. The Bertz CT molecular complexity index is 649. The molecule has 7 heteroatoms. The van der Waals surface area contributed by atoms with Gasteiger partial charge in [-0.1, -0.05) is 18.2 Å². The van der Waals surface area contributed by atoms with Crippen LogP contribution in [-0.2, 0) is 19.4 Å². The van der Waals surface area contributed by atoms with E-state index < -0.39 is 26.7 Å². The summed E-state index contributed by atoms with van der Waals surface area (Å²) in [6.07, 6.45) is -0.840. The SMILES string of the molecule is O=C(N1CC(F)C1)C1(S(=O)(=O)c2ccccc2)CCOCC1. The number of nitrogens with zero attached hydrogens (tertiary/aromatic N) is 1. The lowest BCUT2D eigenvalue weighted by molar-refractivity contribution is -0.143. The van der Waals surface area contributed by atoms with Crippen molar-refractivity contribution < 1.29 is 22.3 Å². The van der Waals surface area contributed by atoms with E-state index in [1.54, 1.807) is 18.2 Å². The molecule has 3 rings (SSSR count). The summed E-state index contributed by atoms with van der Waals surface area (Å²) in [7, 11) is -3.86. The second-order valence-corrected chi connectivity index (χ2v) is 7.99. The van der Waals surface area contributed by atoms with Crippen molar-refractivity contribution in [1.82, 2.24) is 4.90 Å². The van der Waals surface area contributed by atoms with E-state index in [9.17, 15) is 17.6 Å². The van der Waals surface area contributed by atoms with E-state index in [4.69, 9.17) is 4.74 Å². The van der Waals surface area contributed by atoms with Crippen LogP contribution in [-0.4, -0.2) is 56.4 Å². The van der Waals surface area contributed by atoms with Crippen molar-refractivity contribution in [2.75, 3.05) is 26.3 Å². The van der Waals surface area contributed by atoms with Gasteiger partial charge >= 0.3 is 0 Å². The van der Waals surface area contributed by atoms with Crippen LogP contribution in [0.4, 0.5) is 4.39 Å². The van der Waals surface area contributed by atoms with Gasteiger partial charge < -0.3 is 9.64 Å². The topological polar surface area (TPSA) is 63.7 Å². The molecule has 5 nitrogen and oxygen atoms in total. The minimum Gasteiger partial charge on any atom is -0.381 e. The molecule has 2 aliphatic rings. The number of rotatable bonds is 3. The minimum atomic E-state index is -3.86. The van der Waals surface area contributed by atoms with Gasteiger partial charge in [0.15, 0.2) is 14.6 Å². The summed E-state index contributed by atoms with van der Waals surface area (Å²) in [4.78, 5) is 14.2. The summed E-state index contributed by atoms with van der Waals surface area (Å²) in [6.45, 7) is 0.382. The van der Waals surface area contributed by atoms with Crippen molar-refractivity contribution in [3.8, 4) is 0 Å². The highest BCUT2D eigenvalue weighted by Crippen LogP contribution is 2.37. The molecule has 2 saturated heterocycles. The molecule has 22 heavy (non-hydrogen) atoms. The standard InChI is InChI=1S/C15H18FNO4S/c16-12-10-17(11-12)14(18)15(6-8-21-9-7-15)22(19,20)13-4-2-1-3-5-13/h1-5,12H,6-11H2.